The number of hydrogen-bond donors (Lipinski definition) is 1. The summed E-state index contributed by atoms with van der Waals surface area (Å²) >= 11 is 0. The first-order chi connectivity index (χ1) is 12.4. The number of carbonyl (C=O) groups excluding carboxylic acids is 1. The molecule has 1 amide bonds. The third-order valence-corrected chi connectivity index (χ3v) is 6.33. The molecule has 3 rings (SSSR count). The zero-order chi connectivity index (χ0) is 20.0. The van der Waals surface area contributed by atoms with Gasteiger partial charge < -0.3 is 10.0 Å². The summed E-state index contributed by atoms with van der Waals surface area (Å²) in [6.07, 6.45) is -4.89. The van der Waals surface area contributed by atoms with Crippen molar-refractivity contribution in [2.75, 3.05) is 11.4 Å². The lowest BCUT2D eigenvalue weighted by Crippen LogP contribution is -2.42. The highest BCUT2D eigenvalue weighted by Crippen LogP contribution is 2.49. The Kier molecular flexibility index (Phi) is 5.08. The van der Waals surface area contributed by atoms with Crippen molar-refractivity contribution in [3.8, 4) is 0 Å². The molecular weight excluding hydrogens is 355 g/mol. The number of halogens is 3. The summed E-state index contributed by atoms with van der Waals surface area (Å²) in [5.41, 5.74) is 1.51. The maximum Gasteiger partial charge on any atom is 0.414 e. The van der Waals surface area contributed by atoms with Gasteiger partial charge in [-0.2, -0.15) is 13.2 Å². The molecular formula is C21H28F3NO2. The van der Waals surface area contributed by atoms with Crippen LogP contribution in [0.15, 0.2) is 24.3 Å². The van der Waals surface area contributed by atoms with E-state index >= 15 is 0 Å². The molecule has 27 heavy (non-hydrogen) atoms. The molecule has 2 fully saturated rings. The number of rotatable bonds is 2. The number of aliphatic hydroxyl groups is 1. The summed E-state index contributed by atoms with van der Waals surface area (Å²) in [5, 5.41) is 9.51. The molecule has 150 valence electrons. The van der Waals surface area contributed by atoms with E-state index in [1.165, 1.54) is 5.56 Å². The minimum absolute atomic E-state index is 0.0194. The molecule has 1 saturated heterocycles. The first-order valence-electron chi connectivity index (χ1n) is 9.61. The van der Waals surface area contributed by atoms with Crippen LogP contribution >= 0.6 is 0 Å². The number of anilines is 1. The second-order valence-electron chi connectivity index (χ2n) is 9.11. The Hall–Kier alpha value is -1.56. The molecule has 6 heteroatoms. The van der Waals surface area contributed by atoms with Crippen molar-refractivity contribution in [3.63, 3.8) is 0 Å². The maximum atomic E-state index is 13.1. The molecule has 1 atom stereocenters. The van der Waals surface area contributed by atoms with Crippen LogP contribution in [0.5, 0.6) is 0 Å². The summed E-state index contributed by atoms with van der Waals surface area (Å²) in [6.45, 7) is 6.99. The van der Waals surface area contributed by atoms with E-state index in [-0.39, 0.29) is 24.2 Å². The fraction of sp³-hybridized carbons (Fsp3) is 0.667. The van der Waals surface area contributed by atoms with Gasteiger partial charge in [-0.1, -0.05) is 32.9 Å². The van der Waals surface area contributed by atoms with E-state index in [9.17, 15) is 23.1 Å². The van der Waals surface area contributed by atoms with Crippen molar-refractivity contribution in [1.82, 2.24) is 0 Å². The molecule has 1 heterocycles. The van der Waals surface area contributed by atoms with Gasteiger partial charge in [0.25, 0.3) is 0 Å². The lowest BCUT2D eigenvalue weighted by Gasteiger charge is -2.37. The second kappa shape index (κ2) is 6.80. The Balaban J connectivity index is 1.69. The van der Waals surface area contributed by atoms with E-state index in [0.29, 0.717) is 25.8 Å². The van der Waals surface area contributed by atoms with Gasteiger partial charge in [0.1, 0.15) is 0 Å². The zero-order valence-corrected chi connectivity index (χ0v) is 16.1. The largest absolute Gasteiger partial charge is 0.414 e. The maximum absolute atomic E-state index is 13.1. The second-order valence-corrected chi connectivity index (χ2v) is 9.11. The van der Waals surface area contributed by atoms with Crippen molar-refractivity contribution in [2.24, 2.45) is 11.3 Å². The van der Waals surface area contributed by atoms with E-state index in [0.717, 1.165) is 5.69 Å². The van der Waals surface area contributed by atoms with Crippen LogP contribution in [0, 0.1) is 11.3 Å². The quantitative estimate of drug-likeness (QED) is 0.795. The van der Waals surface area contributed by atoms with E-state index in [2.05, 4.69) is 20.8 Å². The van der Waals surface area contributed by atoms with Crippen molar-refractivity contribution in [3.05, 3.63) is 29.8 Å². The Morgan fingerprint density at radius 1 is 1.07 bits per heavy atom. The smallest absolute Gasteiger partial charge is 0.383 e. The van der Waals surface area contributed by atoms with Crippen molar-refractivity contribution in [1.29, 1.82) is 0 Å². The lowest BCUT2D eigenvalue weighted by atomic mass is 9.68. The SMILES string of the molecule is CC(C)(C)c1ccc(N2CC[C@]3(CC[C@H](C(O)C(F)(F)F)CC3)C2=O)cc1. The fourth-order valence-electron chi connectivity index (χ4n) is 4.45. The van der Waals surface area contributed by atoms with Gasteiger partial charge in [0.2, 0.25) is 5.91 Å². The summed E-state index contributed by atoms with van der Waals surface area (Å²) in [7, 11) is 0. The molecule has 1 aliphatic heterocycles. The molecule has 0 aromatic heterocycles. The van der Waals surface area contributed by atoms with Gasteiger partial charge in [0.05, 0.1) is 5.41 Å². The summed E-state index contributed by atoms with van der Waals surface area (Å²) in [6, 6.07) is 7.97. The molecule has 1 unspecified atom stereocenters. The fourth-order valence-corrected chi connectivity index (χ4v) is 4.45. The highest BCUT2D eigenvalue weighted by Gasteiger charge is 2.52. The first-order valence-corrected chi connectivity index (χ1v) is 9.61. The van der Waals surface area contributed by atoms with Gasteiger partial charge in [-0.25, -0.2) is 0 Å². The lowest BCUT2D eigenvalue weighted by molar-refractivity contribution is -0.223. The molecule has 2 aliphatic rings. The van der Waals surface area contributed by atoms with Crippen LogP contribution < -0.4 is 4.90 Å². The normalized spacial score (nSPS) is 28.0. The van der Waals surface area contributed by atoms with Crippen LogP contribution in [0.25, 0.3) is 0 Å². The molecule has 1 aromatic rings. The molecule has 3 nitrogen and oxygen atoms in total. The van der Waals surface area contributed by atoms with Crippen LogP contribution in [0.4, 0.5) is 18.9 Å². The van der Waals surface area contributed by atoms with Crippen molar-refractivity contribution < 1.29 is 23.1 Å². The molecule has 1 N–H and O–H groups in total. The van der Waals surface area contributed by atoms with Crippen LogP contribution in [0.2, 0.25) is 0 Å². The number of amides is 1. The molecule has 1 aliphatic carbocycles. The Labute approximate surface area is 158 Å². The summed E-state index contributed by atoms with van der Waals surface area (Å²) < 4.78 is 38.3. The van der Waals surface area contributed by atoms with Gasteiger partial charge in [-0.15, -0.1) is 0 Å². The molecule has 1 spiro atoms. The van der Waals surface area contributed by atoms with Crippen molar-refractivity contribution in [2.45, 2.75) is 70.6 Å². The Bertz CT molecular complexity index is 683. The van der Waals surface area contributed by atoms with Gasteiger partial charge >= 0.3 is 6.18 Å². The average Bonchev–Trinajstić information content (AvgIpc) is 2.90. The van der Waals surface area contributed by atoms with Gasteiger partial charge in [0.15, 0.2) is 6.10 Å². The number of alkyl halides is 3. The highest BCUT2D eigenvalue weighted by atomic mass is 19.4. The third kappa shape index (κ3) is 3.86. The molecule has 1 saturated carbocycles. The standard InChI is InChI=1S/C21H28F3NO2/c1-19(2,3)15-4-6-16(7-5-15)25-13-12-20(18(25)27)10-8-14(9-11-20)17(26)21(22,23)24/h4-7,14,17,26H,8-13H2,1-3H3/t14-,17?,20+. The number of carbonyl (C=O) groups is 1. The number of benzene rings is 1. The van der Waals surface area contributed by atoms with Crippen molar-refractivity contribution >= 4 is 11.6 Å². The van der Waals surface area contributed by atoms with Crippen LogP contribution in [-0.4, -0.2) is 29.8 Å². The molecule has 0 radical (unpaired) electrons. The average molecular weight is 383 g/mol. The minimum atomic E-state index is -4.59. The van der Waals surface area contributed by atoms with Crippen LogP contribution in [0.3, 0.4) is 0 Å². The van der Waals surface area contributed by atoms with E-state index < -0.39 is 23.6 Å². The Morgan fingerprint density at radius 2 is 1.63 bits per heavy atom. The van der Waals surface area contributed by atoms with Crippen LogP contribution in [-0.2, 0) is 10.2 Å². The number of nitrogens with zero attached hydrogens (tertiary/aromatic N) is 1. The molecule has 1 aromatic carbocycles. The number of hydrogen-bond acceptors (Lipinski definition) is 2. The zero-order valence-electron chi connectivity index (χ0n) is 16.1. The highest BCUT2D eigenvalue weighted by molar-refractivity contribution is 6.00. The third-order valence-electron chi connectivity index (χ3n) is 6.33. The Morgan fingerprint density at radius 3 is 2.11 bits per heavy atom. The van der Waals surface area contributed by atoms with E-state index in [1.54, 1.807) is 4.90 Å². The minimum Gasteiger partial charge on any atom is -0.383 e. The summed E-state index contributed by atoms with van der Waals surface area (Å²) in [4.78, 5) is 14.9. The molecule has 0 bridgehead atoms. The van der Waals surface area contributed by atoms with Gasteiger partial charge in [-0.3, -0.25) is 4.79 Å². The predicted octanol–water partition coefficient (Wildman–Crippen LogP) is 4.82. The van der Waals surface area contributed by atoms with Gasteiger partial charge in [-0.05, 0) is 61.1 Å². The topological polar surface area (TPSA) is 40.5 Å². The monoisotopic (exact) mass is 383 g/mol. The van der Waals surface area contributed by atoms with E-state index in [4.69, 9.17) is 0 Å². The van der Waals surface area contributed by atoms with E-state index in [1.807, 2.05) is 24.3 Å². The first kappa shape index (κ1) is 20.2. The number of aliphatic hydroxyl groups excluding tert-OH is 1. The summed E-state index contributed by atoms with van der Waals surface area (Å²) in [5.74, 6) is -0.783. The van der Waals surface area contributed by atoms with Gasteiger partial charge in [0, 0.05) is 12.2 Å². The van der Waals surface area contributed by atoms with Crippen LogP contribution in [0.1, 0.15) is 58.4 Å². The predicted molar refractivity (Wildman–Crippen MR) is 98.6 cm³/mol.